The highest BCUT2D eigenvalue weighted by atomic mass is 32.1. The Balaban J connectivity index is 2.52. The van der Waals surface area contributed by atoms with Gasteiger partial charge in [-0.15, -0.1) is 11.3 Å². The van der Waals surface area contributed by atoms with E-state index in [1.807, 2.05) is 6.92 Å². The van der Waals surface area contributed by atoms with Crippen LogP contribution in [0.5, 0.6) is 0 Å². The molecule has 1 atom stereocenters. The summed E-state index contributed by atoms with van der Waals surface area (Å²) in [7, 11) is 0. The van der Waals surface area contributed by atoms with Gasteiger partial charge in [-0.2, -0.15) is 0 Å². The first-order chi connectivity index (χ1) is 8.02. The minimum absolute atomic E-state index is 0.00685. The third-order valence-electron chi connectivity index (χ3n) is 1.94. The molecule has 0 spiro atoms. The van der Waals surface area contributed by atoms with Gasteiger partial charge in [0.25, 0.3) is 5.91 Å². The number of aliphatic hydroxyl groups is 1. The molecular weight excluding hydrogens is 242 g/mol. The highest BCUT2D eigenvalue weighted by Gasteiger charge is 2.11. The van der Waals surface area contributed by atoms with E-state index in [9.17, 15) is 9.59 Å². The lowest BCUT2D eigenvalue weighted by Crippen LogP contribution is -2.29. The van der Waals surface area contributed by atoms with E-state index in [4.69, 9.17) is 5.11 Å². The Morgan fingerprint density at radius 1 is 1.59 bits per heavy atom. The molecule has 17 heavy (non-hydrogen) atoms. The maximum atomic E-state index is 11.6. The molecule has 2 amide bonds. The Kier molecular flexibility index (Phi) is 5.05. The highest BCUT2D eigenvalue weighted by Crippen LogP contribution is 2.15. The Bertz CT molecular complexity index is 405. The lowest BCUT2D eigenvalue weighted by Gasteiger charge is -2.07. The number of anilines is 1. The van der Waals surface area contributed by atoms with Crippen molar-refractivity contribution in [2.24, 2.45) is 5.92 Å². The number of amides is 2. The Morgan fingerprint density at radius 3 is 2.88 bits per heavy atom. The van der Waals surface area contributed by atoms with Gasteiger partial charge < -0.3 is 15.7 Å². The van der Waals surface area contributed by atoms with Crippen LogP contribution in [0.1, 0.15) is 24.3 Å². The predicted octanol–water partition coefficient (Wildman–Crippen LogP) is 0.460. The lowest BCUT2D eigenvalue weighted by molar-refractivity contribution is -0.114. The first kappa shape index (κ1) is 13.6. The maximum Gasteiger partial charge on any atom is 0.270 e. The number of hydrogen-bond acceptors (Lipinski definition) is 5. The summed E-state index contributed by atoms with van der Waals surface area (Å²) >= 11 is 1.19. The van der Waals surface area contributed by atoms with Gasteiger partial charge in [-0.3, -0.25) is 9.59 Å². The van der Waals surface area contributed by atoms with E-state index in [2.05, 4.69) is 15.6 Å². The first-order valence-electron chi connectivity index (χ1n) is 5.15. The summed E-state index contributed by atoms with van der Waals surface area (Å²) in [6.45, 7) is 3.62. The SMILES string of the molecule is CC(=O)Nc1nc(C(=O)NCC(C)CO)cs1. The van der Waals surface area contributed by atoms with Gasteiger partial charge in [-0.25, -0.2) is 4.98 Å². The van der Waals surface area contributed by atoms with Gasteiger partial charge in [0.1, 0.15) is 5.69 Å². The molecule has 0 saturated carbocycles. The van der Waals surface area contributed by atoms with Crippen molar-refractivity contribution in [2.45, 2.75) is 13.8 Å². The number of hydrogen-bond donors (Lipinski definition) is 3. The fraction of sp³-hybridized carbons (Fsp3) is 0.500. The zero-order valence-electron chi connectivity index (χ0n) is 9.69. The van der Waals surface area contributed by atoms with Crippen molar-refractivity contribution in [3.05, 3.63) is 11.1 Å². The Morgan fingerprint density at radius 2 is 2.29 bits per heavy atom. The fourth-order valence-electron chi connectivity index (χ4n) is 1.01. The van der Waals surface area contributed by atoms with Crippen LogP contribution in [0.25, 0.3) is 0 Å². The van der Waals surface area contributed by atoms with Gasteiger partial charge in [0.05, 0.1) is 0 Å². The summed E-state index contributed by atoms with van der Waals surface area (Å²) in [6, 6.07) is 0. The predicted molar refractivity (Wildman–Crippen MR) is 65.0 cm³/mol. The van der Waals surface area contributed by atoms with Gasteiger partial charge >= 0.3 is 0 Å². The topological polar surface area (TPSA) is 91.3 Å². The average Bonchev–Trinajstić information content (AvgIpc) is 2.72. The molecule has 0 saturated heterocycles. The molecule has 1 unspecified atom stereocenters. The van der Waals surface area contributed by atoms with Gasteiger partial charge in [0, 0.05) is 25.5 Å². The van der Waals surface area contributed by atoms with E-state index in [1.165, 1.54) is 18.3 Å². The molecule has 1 heterocycles. The second-order valence-corrected chi connectivity index (χ2v) is 4.57. The molecule has 0 radical (unpaired) electrons. The van der Waals surface area contributed by atoms with E-state index in [1.54, 1.807) is 5.38 Å². The third kappa shape index (κ3) is 4.49. The smallest absolute Gasteiger partial charge is 0.270 e. The van der Waals surface area contributed by atoms with Crippen LogP contribution in [0.2, 0.25) is 0 Å². The normalized spacial score (nSPS) is 11.9. The third-order valence-corrected chi connectivity index (χ3v) is 2.70. The zero-order chi connectivity index (χ0) is 12.8. The van der Waals surface area contributed by atoms with Crippen LogP contribution in [0.15, 0.2) is 5.38 Å². The summed E-state index contributed by atoms with van der Waals surface area (Å²) in [6.07, 6.45) is 0. The molecule has 0 aliphatic rings. The number of nitrogens with zero attached hydrogens (tertiary/aromatic N) is 1. The summed E-state index contributed by atoms with van der Waals surface area (Å²) in [5, 5.41) is 15.9. The van der Waals surface area contributed by atoms with Gasteiger partial charge in [-0.1, -0.05) is 6.92 Å². The Hall–Kier alpha value is -1.47. The quantitative estimate of drug-likeness (QED) is 0.714. The number of aliphatic hydroxyl groups excluding tert-OH is 1. The van der Waals surface area contributed by atoms with Gasteiger partial charge in [0.2, 0.25) is 5.91 Å². The molecule has 0 aliphatic heterocycles. The monoisotopic (exact) mass is 257 g/mol. The number of carbonyl (C=O) groups excluding carboxylic acids is 2. The van der Waals surface area contributed by atoms with Crippen LogP contribution in [0, 0.1) is 5.92 Å². The minimum Gasteiger partial charge on any atom is -0.396 e. The highest BCUT2D eigenvalue weighted by molar-refractivity contribution is 7.14. The van der Waals surface area contributed by atoms with Crippen LogP contribution in [0.4, 0.5) is 5.13 Å². The fourth-order valence-corrected chi connectivity index (χ4v) is 1.74. The molecule has 6 nitrogen and oxygen atoms in total. The standard InChI is InChI=1S/C10H15N3O3S/c1-6(4-14)3-11-9(16)8-5-17-10(13-8)12-7(2)15/h5-6,14H,3-4H2,1-2H3,(H,11,16)(H,12,13,15). The van der Waals surface area contributed by atoms with Crippen molar-refractivity contribution in [1.29, 1.82) is 0 Å². The van der Waals surface area contributed by atoms with Crippen molar-refractivity contribution >= 4 is 28.3 Å². The molecule has 94 valence electrons. The molecular formula is C10H15N3O3S. The van der Waals surface area contributed by atoms with Crippen LogP contribution in [-0.4, -0.2) is 35.1 Å². The number of carbonyl (C=O) groups is 2. The number of nitrogens with one attached hydrogen (secondary N) is 2. The summed E-state index contributed by atoms with van der Waals surface area (Å²) in [4.78, 5) is 26.3. The lowest BCUT2D eigenvalue weighted by atomic mass is 10.2. The molecule has 1 aromatic heterocycles. The zero-order valence-corrected chi connectivity index (χ0v) is 10.5. The molecule has 0 aliphatic carbocycles. The summed E-state index contributed by atoms with van der Waals surface area (Å²) in [5.74, 6) is -0.522. The van der Waals surface area contributed by atoms with Crippen LogP contribution >= 0.6 is 11.3 Å². The molecule has 0 aromatic carbocycles. The molecule has 3 N–H and O–H groups in total. The van der Waals surface area contributed by atoms with E-state index in [0.29, 0.717) is 11.7 Å². The van der Waals surface area contributed by atoms with E-state index < -0.39 is 0 Å². The van der Waals surface area contributed by atoms with Crippen molar-refractivity contribution in [2.75, 3.05) is 18.5 Å². The van der Waals surface area contributed by atoms with Gasteiger partial charge in [0.15, 0.2) is 5.13 Å². The average molecular weight is 257 g/mol. The molecule has 0 fully saturated rings. The molecule has 0 bridgehead atoms. The van der Waals surface area contributed by atoms with E-state index in [0.717, 1.165) is 0 Å². The second-order valence-electron chi connectivity index (χ2n) is 3.72. The number of aromatic nitrogens is 1. The van der Waals surface area contributed by atoms with E-state index in [-0.39, 0.29) is 30.0 Å². The maximum absolute atomic E-state index is 11.6. The molecule has 1 aromatic rings. The van der Waals surface area contributed by atoms with Crippen molar-refractivity contribution in [3.63, 3.8) is 0 Å². The second kappa shape index (κ2) is 6.31. The van der Waals surface area contributed by atoms with E-state index >= 15 is 0 Å². The minimum atomic E-state index is -0.307. The van der Waals surface area contributed by atoms with Crippen molar-refractivity contribution < 1.29 is 14.7 Å². The summed E-state index contributed by atoms with van der Waals surface area (Å²) in [5.41, 5.74) is 0.267. The largest absolute Gasteiger partial charge is 0.396 e. The van der Waals surface area contributed by atoms with Crippen molar-refractivity contribution in [1.82, 2.24) is 10.3 Å². The van der Waals surface area contributed by atoms with Crippen LogP contribution in [0.3, 0.4) is 0 Å². The Labute approximate surface area is 103 Å². The van der Waals surface area contributed by atoms with Crippen LogP contribution < -0.4 is 10.6 Å². The number of thiazole rings is 1. The number of rotatable bonds is 5. The molecule has 1 rings (SSSR count). The molecule has 7 heteroatoms. The summed E-state index contributed by atoms with van der Waals surface area (Å²) < 4.78 is 0. The van der Waals surface area contributed by atoms with Gasteiger partial charge in [-0.05, 0) is 5.92 Å². The van der Waals surface area contributed by atoms with Crippen LogP contribution in [-0.2, 0) is 4.79 Å². The van der Waals surface area contributed by atoms with Crippen molar-refractivity contribution in [3.8, 4) is 0 Å². The first-order valence-corrected chi connectivity index (χ1v) is 6.03.